The molecule has 2 aromatic heterocycles. The zero-order valence-corrected chi connectivity index (χ0v) is 20.7. The maximum Gasteiger partial charge on any atom is 0.274 e. The number of hydrogen-bond acceptors (Lipinski definition) is 4. The molecule has 4 aromatic rings. The van der Waals surface area contributed by atoms with Crippen LogP contribution in [0.2, 0.25) is 0 Å². The molecule has 0 saturated carbocycles. The predicted octanol–water partition coefficient (Wildman–Crippen LogP) is 4.51. The summed E-state index contributed by atoms with van der Waals surface area (Å²) >= 11 is 0. The van der Waals surface area contributed by atoms with Gasteiger partial charge in [0, 0.05) is 58.3 Å². The van der Waals surface area contributed by atoms with Crippen LogP contribution in [0.3, 0.4) is 0 Å². The number of aromatic amines is 1. The number of fused-ring (bicyclic) bond motifs is 1. The lowest BCUT2D eigenvalue weighted by atomic mass is 10.0. The van der Waals surface area contributed by atoms with E-state index in [1.54, 1.807) is 62.8 Å². The van der Waals surface area contributed by atoms with E-state index in [1.807, 2.05) is 6.92 Å². The van der Waals surface area contributed by atoms with E-state index >= 15 is 0 Å². The number of nitrogens with zero attached hydrogens (tertiary/aromatic N) is 1. The Labute approximate surface area is 204 Å². The summed E-state index contributed by atoms with van der Waals surface area (Å²) in [6.07, 6.45) is 3.88. The number of pyridine rings is 1. The number of benzene rings is 2. The van der Waals surface area contributed by atoms with Crippen molar-refractivity contribution < 1.29 is 18.1 Å². The molecule has 2 N–H and O–H groups in total. The third-order valence-electron chi connectivity index (χ3n) is 5.74. The third-order valence-corrected chi connectivity index (χ3v) is 6.66. The van der Waals surface area contributed by atoms with E-state index in [9.17, 15) is 18.2 Å². The molecule has 0 fully saturated rings. The number of carbonyl (C=O) groups is 1. The Morgan fingerprint density at radius 1 is 1.11 bits per heavy atom. The molecule has 2 heterocycles. The molecule has 2 aromatic carbocycles. The maximum absolute atomic E-state index is 14.7. The molecule has 0 spiro atoms. The van der Waals surface area contributed by atoms with Crippen molar-refractivity contribution in [1.29, 1.82) is 0 Å². The summed E-state index contributed by atoms with van der Waals surface area (Å²) < 4.78 is 34.4. The number of hydrogen-bond donors (Lipinski definition) is 2. The first-order valence-corrected chi connectivity index (χ1v) is 12.7. The number of rotatable bonds is 7. The van der Waals surface area contributed by atoms with Gasteiger partial charge in [0.1, 0.15) is 17.0 Å². The molecule has 4 rings (SSSR count). The number of amides is 1. The topological polar surface area (TPSA) is 93.2 Å². The predicted molar refractivity (Wildman–Crippen MR) is 135 cm³/mol. The lowest BCUT2D eigenvalue weighted by Crippen LogP contribution is -2.23. The number of carbonyl (C=O) groups excluding carboxylic acids is 1. The van der Waals surface area contributed by atoms with Gasteiger partial charge in [0.25, 0.3) is 11.5 Å². The van der Waals surface area contributed by atoms with Crippen LogP contribution in [0.25, 0.3) is 22.0 Å². The van der Waals surface area contributed by atoms with Gasteiger partial charge in [-0.15, -0.1) is 0 Å². The van der Waals surface area contributed by atoms with Crippen molar-refractivity contribution in [3.8, 4) is 22.6 Å². The van der Waals surface area contributed by atoms with E-state index in [4.69, 9.17) is 4.74 Å². The number of H-pyrrole nitrogens is 1. The summed E-state index contributed by atoms with van der Waals surface area (Å²) in [6, 6.07) is 11.4. The van der Waals surface area contributed by atoms with Crippen molar-refractivity contribution in [1.82, 2.24) is 14.9 Å². The van der Waals surface area contributed by atoms with Gasteiger partial charge >= 0.3 is 0 Å². The summed E-state index contributed by atoms with van der Waals surface area (Å²) in [5.74, 6) is -0.464. The second-order valence-corrected chi connectivity index (χ2v) is 9.50. The molecule has 1 unspecified atom stereocenters. The number of halogens is 1. The van der Waals surface area contributed by atoms with Gasteiger partial charge in [0.15, 0.2) is 11.6 Å². The monoisotopic (exact) mass is 495 g/mol. The molecule has 1 atom stereocenters. The molecule has 182 valence electrons. The van der Waals surface area contributed by atoms with E-state index in [1.165, 1.54) is 10.6 Å². The molecular formula is C26H26FN3O4S. The smallest absolute Gasteiger partial charge is 0.274 e. The minimum absolute atomic E-state index is 0.0481. The maximum atomic E-state index is 14.7. The quantitative estimate of drug-likeness (QED) is 0.394. The van der Waals surface area contributed by atoms with Gasteiger partial charge < -0.3 is 19.6 Å². The zero-order valence-electron chi connectivity index (χ0n) is 19.9. The first kappa shape index (κ1) is 24.4. The second kappa shape index (κ2) is 9.87. The highest BCUT2D eigenvalue weighted by Gasteiger charge is 2.20. The van der Waals surface area contributed by atoms with Gasteiger partial charge in [-0.2, -0.15) is 0 Å². The Bertz CT molecular complexity index is 1520. The molecule has 35 heavy (non-hydrogen) atoms. The van der Waals surface area contributed by atoms with E-state index in [-0.39, 0.29) is 28.4 Å². The van der Waals surface area contributed by atoms with Crippen molar-refractivity contribution in [3.63, 3.8) is 0 Å². The Morgan fingerprint density at radius 2 is 1.86 bits per heavy atom. The minimum atomic E-state index is -1.29. The van der Waals surface area contributed by atoms with Crippen molar-refractivity contribution >= 4 is 27.6 Å². The Kier molecular flexibility index (Phi) is 6.88. The van der Waals surface area contributed by atoms with E-state index in [0.29, 0.717) is 40.1 Å². The molecule has 0 saturated heterocycles. The van der Waals surface area contributed by atoms with E-state index < -0.39 is 16.6 Å². The van der Waals surface area contributed by atoms with Gasteiger partial charge in [-0.25, -0.2) is 4.39 Å². The third kappa shape index (κ3) is 4.77. The number of nitrogens with one attached hydrogen (secondary N) is 2. The zero-order chi connectivity index (χ0) is 25.3. The Balaban J connectivity index is 1.94. The lowest BCUT2D eigenvalue weighted by Gasteiger charge is -2.15. The van der Waals surface area contributed by atoms with Crippen LogP contribution in [-0.2, 0) is 24.3 Å². The molecule has 0 radical (unpaired) electrons. The fourth-order valence-electron chi connectivity index (χ4n) is 3.88. The first-order chi connectivity index (χ1) is 16.7. The lowest BCUT2D eigenvalue weighted by molar-refractivity contribution is 0.0951. The SMILES string of the molecule is CCNC(=O)c1cc2c(-c3cc(S(C)=O)ccc3Oc3ccc(CC)cc3F)cn(C)c(=O)c2[nH]1. The van der Waals surface area contributed by atoms with Crippen LogP contribution < -0.4 is 15.6 Å². The van der Waals surface area contributed by atoms with Crippen molar-refractivity contribution in [3.05, 3.63) is 76.1 Å². The van der Waals surface area contributed by atoms with Crippen LogP contribution in [0.4, 0.5) is 4.39 Å². The molecular weight excluding hydrogens is 469 g/mol. The summed E-state index contributed by atoms with van der Waals surface area (Å²) in [5.41, 5.74) is 2.11. The fraction of sp³-hybridized carbons (Fsp3) is 0.231. The van der Waals surface area contributed by atoms with Crippen LogP contribution in [0, 0.1) is 5.82 Å². The van der Waals surface area contributed by atoms with Crippen LogP contribution in [0.5, 0.6) is 11.5 Å². The van der Waals surface area contributed by atoms with Crippen molar-refractivity contribution in [2.24, 2.45) is 7.05 Å². The average molecular weight is 496 g/mol. The Morgan fingerprint density at radius 3 is 2.51 bits per heavy atom. The summed E-state index contributed by atoms with van der Waals surface area (Å²) in [6.45, 7) is 4.18. The van der Waals surface area contributed by atoms with E-state index in [0.717, 1.165) is 5.56 Å². The number of aromatic nitrogens is 2. The van der Waals surface area contributed by atoms with Crippen LogP contribution in [-0.4, -0.2) is 32.5 Å². The highest BCUT2D eigenvalue weighted by molar-refractivity contribution is 7.84. The minimum Gasteiger partial charge on any atom is -0.454 e. The second-order valence-electron chi connectivity index (χ2n) is 8.12. The van der Waals surface area contributed by atoms with Gasteiger partial charge in [0.2, 0.25) is 0 Å². The Hall–Kier alpha value is -3.72. The van der Waals surface area contributed by atoms with Crippen molar-refractivity contribution in [2.75, 3.05) is 12.8 Å². The van der Waals surface area contributed by atoms with Gasteiger partial charge in [-0.05, 0) is 55.3 Å². The largest absolute Gasteiger partial charge is 0.454 e. The summed E-state index contributed by atoms with van der Waals surface area (Å²) in [7, 11) is 0.306. The standard InChI is InChI=1S/C26H26FN3O4S/c1-5-15-7-9-23(20(27)11-15)34-22-10-8-16(35(4)33)12-17(22)19-14-30(3)26(32)24-18(19)13-21(29-24)25(31)28-6-2/h7-14,29H,5-6H2,1-4H3,(H,28,31). The molecule has 1 amide bonds. The normalized spacial score (nSPS) is 12.0. The number of aryl methyl sites for hydroxylation is 2. The molecule has 0 aliphatic heterocycles. The summed E-state index contributed by atoms with van der Waals surface area (Å²) in [5, 5.41) is 3.21. The highest BCUT2D eigenvalue weighted by atomic mass is 32.2. The molecule has 0 aliphatic rings. The van der Waals surface area contributed by atoms with E-state index in [2.05, 4.69) is 10.3 Å². The molecule has 9 heteroatoms. The van der Waals surface area contributed by atoms with Gasteiger partial charge in [-0.1, -0.05) is 13.0 Å². The molecule has 0 aliphatic carbocycles. The molecule has 7 nitrogen and oxygen atoms in total. The van der Waals surface area contributed by atoms with Crippen LogP contribution in [0.1, 0.15) is 29.9 Å². The van der Waals surface area contributed by atoms with Gasteiger partial charge in [-0.3, -0.25) is 13.8 Å². The van der Waals surface area contributed by atoms with Crippen molar-refractivity contribution in [2.45, 2.75) is 25.2 Å². The highest BCUT2D eigenvalue weighted by Crippen LogP contribution is 2.38. The van der Waals surface area contributed by atoms with Crippen LogP contribution >= 0.6 is 0 Å². The summed E-state index contributed by atoms with van der Waals surface area (Å²) in [4.78, 5) is 28.7. The van der Waals surface area contributed by atoms with Gasteiger partial charge in [0.05, 0.1) is 0 Å². The first-order valence-electron chi connectivity index (χ1n) is 11.2. The van der Waals surface area contributed by atoms with Crippen LogP contribution in [0.15, 0.2) is 58.4 Å². The average Bonchev–Trinajstić information content (AvgIpc) is 3.29. The molecule has 0 bridgehead atoms. The number of ether oxygens (including phenoxy) is 1. The fourth-order valence-corrected chi connectivity index (χ4v) is 4.42.